The van der Waals surface area contributed by atoms with Gasteiger partial charge in [0.1, 0.15) is 11.8 Å². The highest BCUT2D eigenvalue weighted by atomic mass is 35.5. The predicted octanol–water partition coefficient (Wildman–Crippen LogP) is 2.50. The SMILES string of the molecule is C=CCCC(NC(=O)c1cc(Cl)ccc1OC)C(=O)O. The summed E-state index contributed by atoms with van der Waals surface area (Å²) >= 11 is 5.84. The number of carboxylic acid groups (broad SMARTS) is 1. The Kier molecular flexibility index (Phi) is 6.06. The molecular formula is C14H16ClNO4. The molecule has 0 aliphatic heterocycles. The van der Waals surface area contributed by atoms with E-state index in [0.29, 0.717) is 17.2 Å². The average Bonchev–Trinajstić information content (AvgIpc) is 2.42. The lowest BCUT2D eigenvalue weighted by Gasteiger charge is -2.15. The average molecular weight is 298 g/mol. The lowest BCUT2D eigenvalue weighted by Crippen LogP contribution is -2.40. The van der Waals surface area contributed by atoms with Gasteiger partial charge in [0, 0.05) is 5.02 Å². The summed E-state index contributed by atoms with van der Waals surface area (Å²) < 4.78 is 5.06. The molecule has 0 saturated heterocycles. The van der Waals surface area contributed by atoms with Crippen LogP contribution in [0.15, 0.2) is 30.9 Å². The van der Waals surface area contributed by atoms with Gasteiger partial charge in [-0.2, -0.15) is 0 Å². The normalized spacial score (nSPS) is 11.5. The van der Waals surface area contributed by atoms with Gasteiger partial charge in [-0.25, -0.2) is 4.79 Å². The first-order chi connectivity index (χ1) is 9.49. The Balaban J connectivity index is 2.90. The topological polar surface area (TPSA) is 75.6 Å². The van der Waals surface area contributed by atoms with Gasteiger partial charge in [-0.05, 0) is 31.0 Å². The van der Waals surface area contributed by atoms with E-state index in [0.717, 1.165) is 0 Å². The number of halogens is 1. The summed E-state index contributed by atoms with van der Waals surface area (Å²) in [5, 5.41) is 11.9. The molecule has 0 fully saturated rings. The highest BCUT2D eigenvalue weighted by Gasteiger charge is 2.21. The zero-order valence-electron chi connectivity index (χ0n) is 11.1. The molecule has 0 aliphatic carbocycles. The van der Waals surface area contributed by atoms with Crippen molar-refractivity contribution in [2.75, 3.05) is 7.11 Å². The van der Waals surface area contributed by atoms with Gasteiger partial charge in [-0.3, -0.25) is 4.79 Å². The lowest BCUT2D eigenvalue weighted by atomic mass is 10.1. The van der Waals surface area contributed by atoms with Crippen LogP contribution in [0.5, 0.6) is 5.75 Å². The molecule has 0 aliphatic rings. The van der Waals surface area contributed by atoms with Crippen molar-refractivity contribution < 1.29 is 19.4 Å². The Labute approximate surface area is 122 Å². The van der Waals surface area contributed by atoms with Gasteiger partial charge in [0.15, 0.2) is 0 Å². The van der Waals surface area contributed by atoms with Gasteiger partial charge in [-0.1, -0.05) is 17.7 Å². The van der Waals surface area contributed by atoms with Crippen LogP contribution in [0.4, 0.5) is 0 Å². The van der Waals surface area contributed by atoms with E-state index in [9.17, 15) is 9.59 Å². The van der Waals surface area contributed by atoms with Crippen molar-refractivity contribution in [3.63, 3.8) is 0 Å². The van der Waals surface area contributed by atoms with E-state index in [4.69, 9.17) is 21.4 Å². The van der Waals surface area contributed by atoms with Crippen molar-refractivity contribution in [2.24, 2.45) is 0 Å². The van der Waals surface area contributed by atoms with E-state index in [1.54, 1.807) is 18.2 Å². The number of amides is 1. The Hall–Kier alpha value is -2.01. The van der Waals surface area contributed by atoms with Crippen LogP contribution in [0.25, 0.3) is 0 Å². The number of hydrogen-bond donors (Lipinski definition) is 2. The van der Waals surface area contributed by atoms with Crippen molar-refractivity contribution >= 4 is 23.5 Å². The van der Waals surface area contributed by atoms with E-state index in [2.05, 4.69) is 11.9 Å². The third-order valence-corrected chi connectivity index (χ3v) is 2.90. The highest BCUT2D eigenvalue weighted by molar-refractivity contribution is 6.31. The third-order valence-electron chi connectivity index (χ3n) is 2.67. The number of methoxy groups -OCH3 is 1. The number of benzene rings is 1. The minimum Gasteiger partial charge on any atom is -0.496 e. The van der Waals surface area contributed by atoms with E-state index >= 15 is 0 Å². The summed E-state index contributed by atoms with van der Waals surface area (Å²) in [5.74, 6) is -1.30. The van der Waals surface area contributed by atoms with Crippen LogP contribution < -0.4 is 10.1 Å². The van der Waals surface area contributed by atoms with Crippen molar-refractivity contribution in [3.05, 3.63) is 41.4 Å². The zero-order valence-corrected chi connectivity index (χ0v) is 11.8. The molecule has 1 rings (SSSR count). The van der Waals surface area contributed by atoms with Gasteiger partial charge in [0.05, 0.1) is 12.7 Å². The van der Waals surface area contributed by atoms with Crippen LogP contribution in [0, 0.1) is 0 Å². The molecule has 0 radical (unpaired) electrons. The van der Waals surface area contributed by atoms with Crippen LogP contribution in [0.1, 0.15) is 23.2 Å². The molecule has 1 aromatic rings. The monoisotopic (exact) mass is 297 g/mol. The molecule has 0 heterocycles. The minimum atomic E-state index is -1.10. The second kappa shape index (κ2) is 7.55. The van der Waals surface area contributed by atoms with Gasteiger partial charge >= 0.3 is 5.97 Å². The number of carboxylic acids is 1. The lowest BCUT2D eigenvalue weighted by molar-refractivity contribution is -0.139. The molecule has 108 valence electrons. The second-order valence-corrected chi connectivity index (χ2v) is 4.51. The van der Waals surface area contributed by atoms with Crippen LogP contribution in [-0.2, 0) is 4.79 Å². The summed E-state index contributed by atoms with van der Waals surface area (Å²) in [7, 11) is 1.42. The molecule has 20 heavy (non-hydrogen) atoms. The molecule has 1 unspecified atom stereocenters. The molecule has 6 heteroatoms. The van der Waals surface area contributed by atoms with Gasteiger partial charge in [0.25, 0.3) is 5.91 Å². The smallest absolute Gasteiger partial charge is 0.326 e. The first-order valence-electron chi connectivity index (χ1n) is 5.97. The Bertz CT molecular complexity index is 516. The van der Waals surface area contributed by atoms with Crippen LogP contribution in [0.3, 0.4) is 0 Å². The number of aliphatic carboxylic acids is 1. The number of hydrogen-bond acceptors (Lipinski definition) is 3. The predicted molar refractivity (Wildman–Crippen MR) is 76.3 cm³/mol. The molecule has 2 N–H and O–H groups in total. The molecule has 5 nitrogen and oxygen atoms in total. The molecular weight excluding hydrogens is 282 g/mol. The first-order valence-corrected chi connectivity index (χ1v) is 6.35. The fraction of sp³-hybridized carbons (Fsp3) is 0.286. The van der Waals surface area contributed by atoms with Crippen molar-refractivity contribution in [1.29, 1.82) is 0 Å². The quantitative estimate of drug-likeness (QED) is 0.758. The molecule has 0 saturated carbocycles. The van der Waals surface area contributed by atoms with Gasteiger partial charge in [-0.15, -0.1) is 6.58 Å². The number of rotatable bonds is 7. The Morgan fingerprint density at radius 1 is 1.55 bits per heavy atom. The van der Waals surface area contributed by atoms with E-state index in [1.165, 1.54) is 13.2 Å². The fourth-order valence-electron chi connectivity index (χ4n) is 1.64. The zero-order chi connectivity index (χ0) is 15.1. The van der Waals surface area contributed by atoms with E-state index in [1.807, 2.05) is 0 Å². The molecule has 1 aromatic carbocycles. The van der Waals surface area contributed by atoms with Gasteiger partial charge in [0.2, 0.25) is 0 Å². The number of nitrogens with one attached hydrogen (secondary N) is 1. The molecule has 0 spiro atoms. The van der Waals surface area contributed by atoms with Crippen LogP contribution >= 0.6 is 11.6 Å². The molecule has 1 atom stereocenters. The number of allylic oxidation sites excluding steroid dienone is 1. The first kappa shape index (κ1) is 16.0. The molecule has 1 amide bonds. The van der Waals surface area contributed by atoms with Crippen LogP contribution in [-0.4, -0.2) is 30.1 Å². The van der Waals surface area contributed by atoms with E-state index in [-0.39, 0.29) is 12.0 Å². The third kappa shape index (κ3) is 4.28. The summed E-state index contributed by atoms with van der Waals surface area (Å²) in [5.41, 5.74) is 0.199. The van der Waals surface area contributed by atoms with Gasteiger partial charge < -0.3 is 15.2 Å². The molecule has 0 aromatic heterocycles. The summed E-state index contributed by atoms with van der Waals surface area (Å²) in [6.45, 7) is 3.53. The maximum Gasteiger partial charge on any atom is 0.326 e. The largest absolute Gasteiger partial charge is 0.496 e. The summed E-state index contributed by atoms with van der Waals surface area (Å²) in [4.78, 5) is 23.2. The second-order valence-electron chi connectivity index (χ2n) is 4.07. The van der Waals surface area contributed by atoms with E-state index < -0.39 is 17.9 Å². The van der Waals surface area contributed by atoms with Crippen molar-refractivity contribution in [2.45, 2.75) is 18.9 Å². The van der Waals surface area contributed by atoms with Crippen molar-refractivity contribution in [1.82, 2.24) is 5.32 Å². The van der Waals surface area contributed by atoms with Crippen LogP contribution in [0.2, 0.25) is 5.02 Å². The number of carbonyl (C=O) groups excluding carboxylic acids is 1. The number of carbonyl (C=O) groups is 2. The summed E-state index contributed by atoms with van der Waals surface area (Å²) in [6, 6.07) is 3.59. The highest BCUT2D eigenvalue weighted by Crippen LogP contribution is 2.22. The maximum atomic E-state index is 12.1. The number of ether oxygens (including phenoxy) is 1. The van der Waals surface area contributed by atoms with Crippen molar-refractivity contribution in [3.8, 4) is 5.75 Å². The molecule has 0 bridgehead atoms. The fourth-order valence-corrected chi connectivity index (χ4v) is 1.81. The Morgan fingerprint density at radius 3 is 2.80 bits per heavy atom. The maximum absolute atomic E-state index is 12.1. The standard InChI is InChI=1S/C14H16ClNO4/c1-3-4-5-11(14(18)19)16-13(17)10-8-9(15)6-7-12(10)20-2/h3,6-8,11H,1,4-5H2,2H3,(H,16,17)(H,18,19). The minimum absolute atomic E-state index is 0.199. The Morgan fingerprint density at radius 2 is 2.25 bits per heavy atom. The summed E-state index contributed by atoms with van der Waals surface area (Å²) in [6.07, 6.45) is 2.36.